The van der Waals surface area contributed by atoms with Crippen LogP contribution in [0.3, 0.4) is 0 Å². The predicted octanol–water partition coefficient (Wildman–Crippen LogP) is 0.607. The number of carbonyl (C=O) groups is 1. The minimum absolute atomic E-state index is 0.109. The van der Waals surface area contributed by atoms with E-state index >= 15 is 0 Å². The summed E-state index contributed by atoms with van der Waals surface area (Å²) in [5, 5.41) is 3.29. The van der Waals surface area contributed by atoms with Crippen LogP contribution < -0.4 is 5.32 Å². The second-order valence-corrected chi connectivity index (χ2v) is 4.23. The van der Waals surface area contributed by atoms with Crippen LogP contribution in [-0.2, 0) is 4.79 Å². The van der Waals surface area contributed by atoms with Gasteiger partial charge in [-0.3, -0.25) is 4.79 Å². The zero-order valence-corrected chi connectivity index (χ0v) is 8.25. The highest BCUT2D eigenvalue weighted by atomic mass is 16.2. The van der Waals surface area contributed by atoms with Crippen molar-refractivity contribution in [2.24, 2.45) is 5.92 Å². The van der Waals surface area contributed by atoms with E-state index in [0.717, 1.165) is 26.1 Å². The highest BCUT2D eigenvalue weighted by Crippen LogP contribution is 2.18. The SMILES string of the molecule is CC1CCNC1C(=O)N1CCCC1. The number of likely N-dealkylation sites (tertiary alicyclic amines) is 1. The van der Waals surface area contributed by atoms with Gasteiger partial charge in [-0.2, -0.15) is 0 Å². The highest BCUT2D eigenvalue weighted by molar-refractivity contribution is 5.82. The Balaban J connectivity index is 1.95. The molecule has 0 bridgehead atoms. The number of hydrogen-bond donors (Lipinski definition) is 1. The van der Waals surface area contributed by atoms with Gasteiger partial charge in [-0.05, 0) is 31.7 Å². The minimum Gasteiger partial charge on any atom is -0.341 e. The molecule has 2 unspecified atom stereocenters. The maximum Gasteiger partial charge on any atom is 0.239 e. The van der Waals surface area contributed by atoms with Crippen LogP contribution in [0.2, 0.25) is 0 Å². The van der Waals surface area contributed by atoms with Gasteiger partial charge in [0.15, 0.2) is 0 Å². The van der Waals surface area contributed by atoms with E-state index in [1.807, 2.05) is 4.90 Å². The summed E-state index contributed by atoms with van der Waals surface area (Å²) in [6, 6.07) is 0.109. The molecule has 2 saturated heterocycles. The molecule has 3 nitrogen and oxygen atoms in total. The molecule has 0 aromatic carbocycles. The number of amides is 1. The van der Waals surface area contributed by atoms with Gasteiger partial charge in [-0.25, -0.2) is 0 Å². The fourth-order valence-electron chi connectivity index (χ4n) is 2.30. The van der Waals surface area contributed by atoms with Crippen LogP contribution in [0.15, 0.2) is 0 Å². The van der Waals surface area contributed by atoms with Crippen molar-refractivity contribution in [3.05, 3.63) is 0 Å². The summed E-state index contributed by atoms with van der Waals surface area (Å²) >= 11 is 0. The van der Waals surface area contributed by atoms with E-state index < -0.39 is 0 Å². The number of rotatable bonds is 1. The third kappa shape index (κ3) is 1.70. The van der Waals surface area contributed by atoms with E-state index in [-0.39, 0.29) is 6.04 Å². The molecule has 1 amide bonds. The first-order valence-electron chi connectivity index (χ1n) is 5.31. The molecular weight excluding hydrogens is 164 g/mol. The molecule has 0 spiro atoms. The smallest absolute Gasteiger partial charge is 0.239 e. The molecule has 0 saturated carbocycles. The van der Waals surface area contributed by atoms with Crippen LogP contribution in [0.4, 0.5) is 0 Å². The summed E-state index contributed by atoms with van der Waals surface area (Å²) < 4.78 is 0. The quantitative estimate of drug-likeness (QED) is 0.644. The number of carbonyl (C=O) groups excluding carboxylic acids is 1. The summed E-state index contributed by atoms with van der Waals surface area (Å²) in [6.07, 6.45) is 3.52. The first-order valence-corrected chi connectivity index (χ1v) is 5.31. The van der Waals surface area contributed by atoms with Crippen molar-refractivity contribution in [3.8, 4) is 0 Å². The Kier molecular flexibility index (Phi) is 2.54. The molecule has 74 valence electrons. The molecule has 13 heavy (non-hydrogen) atoms. The van der Waals surface area contributed by atoms with Crippen LogP contribution in [0.5, 0.6) is 0 Å². The Morgan fingerprint density at radius 3 is 2.62 bits per heavy atom. The van der Waals surface area contributed by atoms with Crippen molar-refractivity contribution in [3.63, 3.8) is 0 Å². The van der Waals surface area contributed by atoms with E-state index in [1.165, 1.54) is 12.8 Å². The van der Waals surface area contributed by atoms with Gasteiger partial charge in [0.25, 0.3) is 0 Å². The van der Waals surface area contributed by atoms with Crippen molar-refractivity contribution in [1.29, 1.82) is 0 Å². The van der Waals surface area contributed by atoms with Gasteiger partial charge in [0.1, 0.15) is 0 Å². The molecule has 2 fully saturated rings. The molecule has 0 radical (unpaired) electrons. The molecule has 0 aromatic heterocycles. The molecule has 0 aromatic rings. The first kappa shape index (κ1) is 9.00. The molecule has 0 aliphatic carbocycles. The standard InChI is InChI=1S/C10H18N2O/c1-8-4-5-11-9(8)10(13)12-6-2-3-7-12/h8-9,11H,2-7H2,1H3. The first-order chi connectivity index (χ1) is 6.29. The van der Waals surface area contributed by atoms with Gasteiger partial charge in [-0.1, -0.05) is 6.92 Å². The lowest BCUT2D eigenvalue weighted by Gasteiger charge is -2.22. The molecule has 2 aliphatic rings. The van der Waals surface area contributed by atoms with Crippen LogP contribution in [0.1, 0.15) is 26.2 Å². The second-order valence-electron chi connectivity index (χ2n) is 4.23. The summed E-state index contributed by atoms with van der Waals surface area (Å²) in [4.78, 5) is 13.9. The third-order valence-electron chi connectivity index (χ3n) is 3.22. The lowest BCUT2D eigenvalue weighted by Crippen LogP contribution is -2.44. The molecular formula is C10H18N2O. The Morgan fingerprint density at radius 1 is 1.38 bits per heavy atom. The molecule has 1 N–H and O–H groups in total. The van der Waals surface area contributed by atoms with Crippen molar-refractivity contribution in [2.75, 3.05) is 19.6 Å². The second kappa shape index (κ2) is 3.66. The van der Waals surface area contributed by atoms with Gasteiger partial charge < -0.3 is 10.2 Å². The normalized spacial score (nSPS) is 34.1. The van der Waals surface area contributed by atoms with Crippen LogP contribution >= 0.6 is 0 Å². The lowest BCUT2D eigenvalue weighted by atomic mass is 10.0. The highest BCUT2D eigenvalue weighted by Gasteiger charge is 2.33. The van der Waals surface area contributed by atoms with Gasteiger partial charge in [0, 0.05) is 13.1 Å². The molecule has 2 aliphatic heterocycles. The van der Waals surface area contributed by atoms with Crippen molar-refractivity contribution < 1.29 is 4.79 Å². The van der Waals surface area contributed by atoms with E-state index in [0.29, 0.717) is 11.8 Å². The maximum absolute atomic E-state index is 11.9. The van der Waals surface area contributed by atoms with Gasteiger partial charge in [0.2, 0.25) is 5.91 Å². The van der Waals surface area contributed by atoms with Crippen molar-refractivity contribution in [1.82, 2.24) is 10.2 Å². The Labute approximate surface area is 79.5 Å². The van der Waals surface area contributed by atoms with Gasteiger partial charge in [-0.15, -0.1) is 0 Å². The van der Waals surface area contributed by atoms with Crippen molar-refractivity contribution >= 4 is 5.91 Å². The van der Waals surface area contributed by atoms with E-state index in [1.54, 1.807) is 0 Å². The summed E-state index contributed by atoms with van der Waals surface area (Å²) in [7, 11) is 0. The zero-order chi connectivity index (χ0) is 9.26. The molecule has 2 atom stereocenters. The molecule has 2 heterocycles. The predicted molar refractivity (Wildman–Crippen MR) is 51.4 cm³/mol. The van der Waals surface area contributed by atoms with E-state index in [9.17, 15) is 4.79 Å². The van der Waals surface area contributed by atoms with Crippen LogP contribution in [0.25, 0.3) is 0 Å². The fourth-order valence-corrected chi connectivity index (χ4v) is 2.30. The fraction of sp³-hybridized carbons (Fsp3) is 0.900. The van der Waals surface area contributed by atoms with Crippen molar-refractivity contribution in [2.45, 2.75) is 32.2 Å². The number of hydrogen-bond acceptors (Lipinski definition) is 2. The van der Waals surface area contributed by atoms with E-state index in [4.69, 9.17) is 0 Å². The summed E-state index contributed by atoms with van der Waals surface area (Å²) in [6.45, 7) is 5.12. The topological polar surface area (TPSA) is 32.3 Å². The third-order valence-corrected chi connectivity index (χ3v) is 3.22. The Hall–Kier alpha value is -0.570. The summed E-state index contributed by atoms with van der Waals surface area (Å²) in [5.74, 6) is 0.857. The lowest BCUT2D eigenvalue weighted by molar-refractivity contribution is -0.132. The Morgan fingerprint density at radius 2 is 2.08 bits per heavy atom. The van der Waals surface area contributed by atoms with Gasteiger partial charge >= 0.3 is 0 Å². The molecule has 3 heteroatoms. The van der Waals surface area contributed by atoms with Crippen LogP contribution in [0, 0.1) is 5.92 Å². The maximum atomic E-state index is 11.9. The number of nitrogens with one attached hydrogen (secondary N) is 1. The zero-order valence-electron chi connectivity index (χ0n) is 8.25. The minimum atomic E-state index is 0.109. The average Bonchev–Trinajstić information content (AvgIpc) is 2.72. The van der Waals surface area contributed by atoms with Crippen LogP contribution in [-0.4, -0.2) is 36.5 Å². The Bertz CT molecular complexity index is 199. The molecule has 2 rings (SSSR count). The average molecular weight is 182 g/mol. The monoisotopic (exact) mass is 182 g/mol. The van der Waals surface area contributed by atoms with E-state index in [2.05, 4.69) is 12.2 Å². The van der Waals surface area contributed by atoms with Gasteiger partial charge in [0.05, 0.1) is 6.04 Å². The number of nitrogens with zero attached hydrogens (tertiary/aromatic N) is 1. The summed E-state index contributed by atoms with van der Waals surface area (Å²) in [5.41, 5.74) is 0. The largest absolute Gasteiger partial charge is 0.341 e.